The van der Waals surface area contributed by atoms with Gasteiger partial charge in [-0.3, -0.25) is 14.6 Å². The molecule has 1 aromatic heterocycles. The molecule has 0 saturated heterocycles. The molecule has 0 radical (unpaired) electrons. The first kappa shape index (κ1) is 16.7. The Morgan fingerprint density at radius 3 is 2.57 bits per heavy atom. The van der Waals surface area contributed by atoms with Crippen molar-refractivity contribution in [3.8, 4) is 0 Å². The van der Waals surface area contributed by atoms with Gasteiger partial charge in [0.15, 0.2) is 0 Å². The molecule has 0 saturated carbocycles. The van der Waals surface area contributed by atoms with E-state index in [1.54, 1.807) is 13.1 Å². The highest BCUT2D eigenvalue weighted by Gasteiger charge is 2.17. The third kappa shape index (κ3) is 4.16. The Bertz CT molecular complexity index is 686. The first-order valence-corrected chi connectivity index (χ1v) is 7.63. The Morgan fingerprint density at radius 1 is 1.22 bits per heavy atom. The molecule has 0 aliphatic carbocycles. The van der Waals surface area contributed by atoms with E-state index in [2.05, 4.69) is 10.3 Å². The summed E-state index contributed by atoms with van der Waals surface area (Å²) in [5, 5.41) is 2.88. The van der Waals surface area contributed by atoms with Crippen LogP contribution in [-0.4, -0.2) is 29.9 Å². The van der Waals surface area contributed by atoms with Crippen molar-refractivity contribution in [1.29, 1.82) is 0 Å². The number of nitrogens with one attached hydrogen (secondary N) is 1. The Hall–Kier alpha value is -2.69. The first-order chi connectivity index (χ1) is 11.0. The van der Waals surface area contributed by atoms with E-state index in [0.29, 0.717) is 5.56 Å². The molecule has 0 fully saturated rings. The molecule has 0 spiro atoms. The average molecular weight is 311 g/mol. The van der Waals surface area contributed by atoms with E-state index in [0.717, 1.165) is 12.1 Å². The van der Waals surface area contributed by atoms with E-state index in [9.17, 15) is 9.59 Å². The van der Waals surface area contributed by atoms with E-state index in [1.807, 2.05) is 44.2 Å². The van der Waals surface area contributed by atoms with Crippen molar-refractivity contribution in [2.75, 3.05) is 11.9 Å². The van der Waals surface area contributed by atoms with Gasteiger partial charge in [0.2, 0.25) is 0 Å². The van der Waals surface area contributed by atoms with Crippen molar-refractivity contribution >= 4 is 17.5 Å². The van der Waals surface area contributed by atoms with Crippen molar-refractivity contribution in [1.82, 2.24) is 10.3 Å². The zero-order valence-corrected chi connectivity index (χ0v) is 13.6. The van der Waals surface area contributed by atoms with E-state index < -0.39 is 0 Å². The van der Waals surface area contributed by atoms with Gasteiger partial charge >= 0.3 is 0 Å². The Balaban J connectivity index is 2.19. The second-order valence-electron chi connectivity index (χ2n) is 5.41. The number of para-hydroxylation sites is 1. The van der Waals surface area contributed by atoms with Crippen LogP contribution in [0.5, 0.6) is 0 Å². The Kier molecular flexibility index (Phi) is 5.46. The molecule has 120 valence electrons. The maximum Gasteiger partial charge on any atom is 0.276 e. The van der Waals surface area contributed by atoms with Crippen LogP contribution in [0.2, 0.25) is 0 Å². The molecule has 5 heteroatoms. The van der Waals surface area contributed by atoms with Crippen LogP contribution >= 0.6 is 0 Å². The minimum absolute atomic E-state index is 0.0850. The number of carbonyl (C=O) groups is 2. The summed E-state index contributed by atoms with van der Waals surface area (Å²) in [4.78, 5) is 30.3. The summed E-state index contributed by atoms with van der Waals surface area (Å²) in [7, 11) is 1.69. The monoisotopic (exact) mass is 311 g/mol. The van der Waals surface area contributed by atoms with Crippen molar-refractivity contribution in [2.45, 2.75) is 26.3 Å². The number of rotatable bonds is 5. The van der Waals surface area contributed by atoms with Gasteiger partial charge in [0.25, 0.3) is 11.8 Å². The number of hydrogen-bond donors (Lipinski definition) is 1. The molecule has 23 heavy (non-hydrogen) atoms. The molecule has 0 bridgehead atoms. The average Bonchev–Trinajstić information content (AvgIpc) is 2.61. The summed E-state index contributed by atoms with van der Waals surface area (Å²) in [5.41, 5.74) is 1.45. The van der Waals surface area contributed by atoms with Crippen LogP contribution in [-0.2, 0) is 0 Å². The molecule has 2 rings (SSSR count). The zero-order valence-electron chi connectivity index (χ0n) is 13.6. The lowest BCUT2D eigenvalue weighted by atomic mass is 10.1. The SMILES string of the molecule is CCC(C)NC(=O)c1ccnc(C(=O)N(C)c2ccccc2)c1. The number of pyridine rings is 1. The van der Waals surface area contributed by atoms with Crippen molar-refractivity contribution in [3.05, 3.63) is 59.9 Å². The van der Waals surface area contributed by atoms with E-state index in [1.165, 1.54) is 17.2 Å². The molecule has 5 nitrogen and oxygen atoms in total. The lowest BCUT2D eigenvalue weighted by molar-refractivity contribution is 0.0939. The second kappa shape index (κ2) is 7.54. The van der Waals surface area contributed by atoms with Gasteiger partial charge in [0.05, 0.1) is 0 Å². The molecule has 0 aliphatic heterocycles. The van der Waals surface area contributed by atoms with Crippen LogP contribution in [0.1, 0.15) is 41.1 Å². The van der Waals surface area contributed by atoms with E-state index in [4.69, 9.17) is 0 Å². The molecule has 1 atom stereocenters. The van der Waals surface area contributed by atoms with Crippen LogP contribution in [0.25, 0.3) is 0 Å². The molecular weight excluding hydrogens is 290 g/mol. The summed E-state index contributed by atoms with van der Waals surface area (Å²) < 4.78 is 0. The maximum atomic E-state index is 12.5. The van der Waals surface area contributed by atoms with Crippen molar-refractivity contribution in [2.24, 2.45) is 0 Å². The zero-order chi connectivity index (χ0) is 16.8. The summed E-state index contributed by atoms with van der Waals surface area (Å²) in [6.07, 6.45) is 2.33. The molecule has 1 aromatic carbocycles. The highest BCUT2D eigenvalue weighted by atomic mass is 16.2. The molecule has 1 N–H and O–H groups in total. The van der Waals surface area contributed by atoms with Gasteiger partial charge in [0, 0.05) is 30.5 Å². The number of amides is 2. The van der Waals surface area contributed by atoms with E-state index in [-0.39, 0.29) is 23.6 Å². The van der Waals surface area contributed by atoms with Crippen molar-refractivity contribution in [3.63, 3.8) is 0 Å². The second-order valence-corrected chi connectivity index (χ2v) is 5.41. The topological polar surface area (TPSA) is 62.3 Å². The lowest BCUT2D eigenvalue weighted by Gasteiger charge is -2.17. The van der Waals surface area contributed by atoms with Crippen LogP contribution in [0.15, 0.2) is 48.7 Å². The minimum atomic E-state index is -0.255. The number of hydrogen-bond acceptors (Lipinski definition) is 3. The number of carbonyl (C=O) groups excluding carboxylic acids is 2. The molecule has 1 unspecified atom stereocenters. The first-order valence-electron chi connectivity index (χ1n) is 7.63. The Labute approximate surface area is 136 Å². The highest BCUT2D eigenvalue weighted by Crippen LogP contribution is 2.14. The fourth-order valence-electron chi connectivity index (χ4n) is 2.04. The van der Waals surface area contributed by atoms with Gasteiger partial charge in [-0.25, -0.2) is 0 Å². The number of aromatic nitrogens is 1. The van der Waals surface area contributed by atoms with Gasteiger partial charge in [-0.05, 0) is 37.6 Å². The highest BCUT2D eigenvalue weighted by molar-refractivity contribution is 6.06. The standard InChI is InChI=1S/C18H21N3O2/c1-4-13(2)20-17(22)14-10-11-19-16(12-14)18(23)21(3)15-8-6-5-7-9-15/h5-13H,4H2,1-3H3,(H,20,22). The van der Waals surface area contributed by atoms with Gasteiger partial charge < -0.3 is 10.2 Å². The van der Waals surface area contributed by atoms with Crippen LogP contribution in [0, 0.1) is 0 Å². The fourth-order valence-corrected chi connectivity index (χ4v) is 2.04. The summed E-state index contributed by atoms with van der Waals surface area (Å²) in [6, 6.07) is 12.5. The molecular formula is C18H21N3O2. The predicted octanol–water partition coefficient (Wildman–Crippen LogP) is 2.89. The van der Waals surface area contributed by atoms with Crippen LogP contribution < -0.4 is 10.2 Å². The molecule has 2 amide bonds. The molecule has 1 heterocycles. The maximum absolute atomic E-state index is 12.5. The number of benzene rings is 1. The third-order valence-electron chi connectivity index (χ3n) is 3.68. The van der Waals surface area contributed by atoms with Crippen LogP contribution in [0.4, 0.5) is 5.69 Å². The minimum Gasteiger partial charge on any atom is -0.350 e. The molecule has 0 aliphatic rings. The summed E-state index contributed by atoms with van der Waals surface area (Å²) in [5.74, 6) is -0.451. The summed E-state index contributed by atoms with van der Waals surface area (Å²) >= 11 is 0. The third-order valence-corrected chi connectivity index (χ3v) is 3.68. The van der Waals surface area contributed by atoms with E-state index >= 15 is 0 Å². The van der Waals surface area contributed by atoms with Crippen molar-refractivity contribution < 1.29 is 9.59 Å². The fraction of sp³-hybridized carbons (Fsp3) is 0.278. The number of nitrogens with zero attached hydrogens (tertiary/aromatic N) is 2. The van der Waals surface area contributed by atoms with Gasteiger partial charge in [0.1, 0.15) is 5.69 Å². The lowest BCUT2D eigenvalue weighted by Crippen LogP contribution is -2.32. The Morgan fingerprint density at radius 2 is 1.91 bits per heavy atom. The summed E-state index contributed by atoms with van der Waals surface area (Å²) in [6.45, 7) is 3.94. The smallest absolute Gasteiger partial charge is 0.276 e. The number of anilines is 1. The van der Waals surface area contributed by atoms with Crippen LogP contribution in [0.3, 0.4) is 0 Å². The van der Waals surface area contributed by atoms with Gasteiger partial charge in [-0.15, -0.1) is 0 Å². The predicted molar refractivity (Wildman–Crippen MR) is 90.6 cm³/mol. The van der Waals surface area contributed by atoms with Gasteiger partial charge in [-0.2, -0.15) is 0 Å². The largest absolute Gasteiger partial charge is 0.350 e. The molecule has 2 aromatic rings. The normalized spacial score (nSPS) is 11.6. The quantitative estimate of drug-likeness (QED) is 0.923. The van der Waals surface area contributed by atoms with Gasteiger partial charge in [-0.1, -0.05) is 25.1 Å².